The molecule has 0 atom stereocenters. The number of fused-ring (bicyclic) bond motifs is 1. The van der Waals surface area contributed by atoms with E-state index in [1.807, 2.05) is 6.20 Å². The second-order valence-electron chi connectivity index (χ2n) is 2.42. The van der Waals surface area contributed by atoms with Crippen LogP contribution in [0.15, 0.2) is 12.5 Å². The molecule has 0 spiro atoms. The molecule has 2 rings (SSSR count). The van der Waals surface area contributed by atoms with Crippen LogP contribution in [-0.2, 0) is 13.0 Å². The number of hydrogen-bond acceptors (Lipinski definition) is 3. The van der Waals surface area contributed by atoms with Gasteiger partial charge in [0.15, 0.2) is 0 Å². The van der Waals surface area contributed by atoms with Crippen LogP contribution in [-0.4, -0.2) is 16.5 Å². The van der Waals surface area contributed by atoms with E-state index in [9.17, 15) is 0 Å². The monoisotopic (exact) mass is 171 g/mol. The molecule has 0 saturated heterocycles. The molecule has 11 heavy (non-hydrogen) atoms. The largest absolute Gasteiger partial charge is 0.312 e. The molecular weight excluding hydrogens is 162 g/mol. The van der Waals surface area contributed by atoms with E-state index in [4.69, 9.17) is 0 Å². The molecule has 3 nitrogen and oxygen atoms in total. The summed E-state index contributed by atoms with van der Waals surface area (Å²) >= 11 is 0. The minimum Gasteiger partial charge on any atom is -0.312 e. The first-order valence-electron chi connectivity index (χ1n) is 3.45. The third-order valence-electron chi connectivity index (χ3n) is 1.74. The number of halogens is 1. The molecule has 0 fully saturated rings. The SMILES string of the molecule is Cl.c1ncc2c(n1)CCNC2. The van der Waals surface area contributed by atoms with Crippen molar-refractivity contribution in [2.24, 2.45) is 0 Å². The molecule has 0 unspecified atom stereocenters. The zero-order valence-electron chi connectivity index (χ0n) is 6.08. The first kappa shape index (κ1) is 8.43. The maximum Gasteiger partial charge on any atom is 0.115 e. The van der Waals surface area contributed by atoms with Crippen molar-refractivity contribution in [3.63, 3.8) is 0 Å². The fourth-order valence-corrected chi connectivity index (χ4v) is 1.19. The van der Waals surface area contributed by atoms with Crippen molar-refractivity contribution in [1.82, 2.24) is 15.3 Å². The molecule has 4 heteroatoms. The van der Waals surface area contributed by atoms with Crippen LogP contribution >= 0.6 is 12.4 Å². The molecule has 0 aromatic carbocycles. The Bertz CT molecular complexity index is 214. The summed E-state index contributed by atoms with van der Waals surface area (Å²) in [5.41, 5.74) is 2.45. The molecule has 1 aromatic rings. The topological polar surface area (TPSA) is 37.8 Å². The highest BCUT2D eigenvalue weighted by Gasteiger charge is 2.07. The quantitative estimate of drug-likeness (QED) is 0.620. The van der Waals surface area contributed by atoms with Crippen LogP contribution < -0.4 is 5.32 Å². The van der Waals surface area contributed by atoms with E-state index in [1.165, 1.54) is 11.3 Å². The Morgan fingerprint density at radius 3 is 3.18 bits per heavy atom. The van der Waals surface area contributed by atoms with Crippen molar-refractivity contribution in [3.8, 4) is 0 Å². The van der Waals surface area contributed by atoms with Gasteiger partial charge in [0.25, 0.3) is 0 Å². The van der Waals surface area contributed by atoms with Crippen LogP contribution in [0.2, 0.25) is 0 Å². The number of rotatable bonds is 0. The van der Waals surface area contributed by atoms with Crippen LogP contribution in [0.3, 0.4) is 0 Å². The fraction of sp³-hybridized carbons (Fsp3) is 0.429. The minimum absolute atomic E-state index is 0. The highest BCUT2D eigenvalue weighted by Crippen LogP contribution is 2.07. The average molecular weight is 172 g/mol. The Balaban J connectivity index is 0.000000605. The summed E-state index contributed by atoms with van der Waals surface area (Å²) in [5, 5.41) is 3.26. The van der Waals surface area contributed by atoms with Gasteiger partial charge in [-0.25, -0.2) is 9.97 Å². The van der Waals surface area contributed by atoms with Gasteiger partial charge in [-0.2, -0.15) is 0 Å². The second kappa shape index (κ2) is 3.64. The van der Waals surface area contributed by atoms with Gasteiger partial charge < -0.3 is 5.32 Å². The van der Waals surface area contributed by atoms with E-state index in [0.29, 0.717) is 0 Å². The highest BCUT2D eigenvalue weighted by molar-refractivity contribution is 5.85. The molecule has 0 aliphatic carbocycles. The van der Waals surface area contributed by atoms with Gasteiger partial charge in [-0.3, -0.25) is 0 Å². The molecular formula is C7H10ClN3. The van der Waals surface area contributed by atoms with E-state index < -0.39 is 0 Å². The number of nitrogens with zero attached hydrogens (tertiary/aromatic N) is 2. The Morgan fingerprint density at radius 2 is 2.36 bits per heavy atom. The molecule has 0 saturated carbocycles. The van der Waals surface area contributed by atoms with E-state index in [1.54, 1.807) is 6.33 Å². The molecule has 2 heterocycles. The van der Waals surface area contributed by atoms with Crippen molar-refractivity contribution in [1.29, 1.82) is 0 Å². The first-order valence-corrected chi connectivity index (χ1v) is 3.45. The van der Waals surface area contributed by atoms with Gasteiger partial charge in [-0.1, -0.05) is 0 Å². The van der Waals surface area contributed by atoms with Crippen LogP contribution in [0.5, 0.6) is 0 Å². The van der Waals surface area contributed by atoms with Crippen molar-refractivity contribution in [2.45, 2.75) is 13.0 Å². The average Bonchev–Trinajstić information content (AvgIpc) is 2.05. The predicted octanol–water partition coefficient (Wildman–Crippen LogP) is 0.544. The van der Waals surface area contributed by atoms with Gasteiger partial charge in [-0.05, 0) is 0 Å². The maximum atomic E-state index is 4.17. The summed E-state index contributed by atoms with van der Waals surface area (Å²) < 4.78 is 0. The predicted molar refractivity (Wildman–Crippen MR) is 44.7 cm³/mol. The lowest BCUT2D eigenvalue weighted by molar-refractivity contribution is 0.625. The number of nitrogens with one attached hydrogen (secondary N) is 1. The molecule has 0 radical (unpaired) electrons. The van der Waals surface area contributed by atoms with Crippen LogP contribution in [0, 0.1) is 0 Å². The molecule has 1 N–H and O–H groups in total. The lowest BCUT2D eigenvalue weighted by atomic mass is 10.1. The third kappa shape index (κ3) is 1.67. The summed E-state index contributed by atoms with van der Waals surface area (Å²) in [7, 11) is 0. The zero-order valence-corrected chi connectivity index (χ0v) is 6.90. The Labute approximate surface area is 71.7 Å². The van der Waals surface area contributed by atoms with Gasteiger partial charge in [0.2, 0.25) is 0 Å². The molecule has 60 valence electrons. The maximum absolute atomic E-state index is 4.17. The summed E-state index contributed by atoms with van der Waals surface area (Å²) in [5.74, 6) is 0. The Kier molecular flexibility index (Phi) is 2.79. The van der Waals surface area contributed by atoms with Crippen molar-refractivity contribution in [2.75, 3.05) is 6.54 Å². The summed E-state index contributed by atoms with van der Waals surface area (Å²) in [6, 6.07) is 0. The van der Waals surface area contributed by atoms with Crippen molar-refractivity contribution >= 4 is 12.4 Å². The van der Waals surface area contributed by atoms with Crippen LogP contribution in [0.1, 0.15) is 11.3 Å². The fourth-order valence-electron chi connectivity index (χ4n) is 1.19. The third-order valence-corrected chi connectivity index (χ3v) is 1.74. The van der Waals surface area contributed by atoms with Gasteiger partial charge in [0.1, 0.15) is 6.33 Å². The van der Waals surface area contributed by atoms with E-state index in [0.717, 1.165) is 19.5 Å². The van der Waals surface area contributed by atoms with Crippen LogP contribution in [0.25, 0.3) is 0 Å². The van der Waals surface area contributed by atoms with Gasteiger partial charge >= 0.3 is 0 Å². The highest BCUT2D eigenvalue weighted by atomic mass is 35.5. The summed E-state index contributed by atoms with van der Waals surface area (Å²) in [4.78, 5) is 8.12. The summed E-state index contributed by atoms with van der Waals surface area (Å²) in [6.45, 7) is 1.97. The zero-order chi connectivity index (χ0) is 6.81. The molecule has 0 bridgehead atoms. The number of aromatic nitrogens is 2. The van der Waals surface area contributed by atoms with Gasteiger partial charge in [0.05, 0.1) is 0 Å². The summed E-state index contributed by atoms with van der Waals surface area (Å²) in [6.07, 6.45) is 4.54. The van der Waals surface area contributed by atoms with E-state index in [2.05, 4.69) is 15.3 Å². The van der Waals surface area contributed by atoms with Crippen LogP contribution in [0.4, 0.5) is 0 Å². The minimum atomic E-state index is 0. The van der Waals surface area contributed by atoms with Gasteiger partial charge in [0, 0.05) is 37.0 Å². The molecule has 0 amide bonds. The molecule has 1 aliphatic rings. The van der Waals surface area contributed by atoms with E-state index >= 15 is 0 Å². The van der Waals surface area contributed by atoms with Gasteiger partial charge in [-0.15, -0.1) is 12.4 Å². The molecule has 1 aromatic heterocycles. The molecule has 1 aliphatic heterocycles. The Hall–Kier alpha value is -0.670. The van der Waals surface area contributed by atoms with E-state index in [-0.39, 0.29) is 12.4 Å². The smallest absolute Gasteiger partial charge is 0.115 e. The normalized spacial score (nSPS) is 14.9. The van der Waals surface area contributed by atoms with Crippen molar-refractivity contribution in [3.05, 3.63) is 23.8 Å². The second-order valence-corrected chi connectivity index (χ2v) is 2.42. The first-order chi connectivity index (χ1) is 4.97. The number of hydrogen-bond donors (Lipinski definition) is 1. The lowest BCUT2D eigenvalue weighted by Crippen LogP contribution is -2.24. The lowest BCUT2D eigenvalue weighted by Gasteiger charge is -2.13. The Morgan fingerprint density at radius 1 is 1.45 bits per heavy atom. The van der Waals surface area contributed by atoms with Crippen molar-refractivity contribution < 1.29 is 0 Å². The standard InChI is InChI=1S/C7H9N3.ClH/c1-2-8-3-6-4-9-5-10-7(1)6;/h4-5,8H,1-3H2;1H.